The monoisotopic (exact) mass is 441 g/mol. The standard InChI is InChI=1S/C18H24IN3O2/c1-18(2,3)24-17(23)21(4)11-6-8-14-13(10-11)12-7-9-15(19)20-16(12)22(14)5/h7,9,11H,6,8,10H2,1-5H3. The topological polar surface area (TPSA) is 47.4 Å². The first kappa shape index (κ1) is 17.5. The van der Waals surface area contributed by atoms with Crippen LogP contribution in [0.4, 0.5) is 4.79 Å². The van der Waals surface area contributed by atoms with Gasteiger partial charge in [0.15, 0.2) is 0 Å². The summed E-state index contributed by atoms with van der Waals surface area (Å²) in [4.78, 5) is 18.8. The van der Waals surface area contributed by atoms with Crippen LogP contribution in [0.25, 0.3) is 11.0 Å². The number of carbonyl (C=O) groups is 1. The van der Waals surface area contributed by atoms with Crippen LogP contribution in [0.3, 0.4) is 0 Å². The van der Waals surface area contributed by atoms with E-state index in [-0.39, 0.29) is 12.1 Å². The van der Waals surface area contributed by atoms with Crippen LogP contribution >= 0.6 is 22.6 Å². The average molecular weight is 441 g/mol. The van der Waals surface area contributed by atoms with Crippen molar-refractivity contribution in [3.05, 3.63) is 27.1 Å². The minimum Gasteiger partial charge on any atom is -0.444 e. The number of aryl methyl sites for hydroxylation is 1. The zero-order valence-corrected chi connectivity index (χ0v) is 17.0. The molecule has 5 nitrogen and oxygen atoms in total. The van der Waals surface area contributed by atoms with Gasteiger partial charge in [-0.25, -0.2) is 9.78 Å². The highest BCUT2D eigenvalue weighted by Gasteiger charge is 2.31. The first-order valence-corrected chi connectivity index (χ1v) is 9.34. The Balaban J connectivity index is 1.88. The van der Waals surface area contributed by atoms with Gasteiger partial charge in [0.05, 0.1) is 0 Å². The Morgan fingerprint density at radius 1 is 1.42 bits per heavy atom. The van der Waals surface area contributed by atoms with Crippen molar-refractivity contribution < 1.29 is 9.53 Å². The first-order chi connectivity index (χ1) is 11.2. The SMILES string of the molecule is CN(C(=O)OC(C)(C)C)C1CCc2c(c3ccc(I)nc3n2C)C1. The number of pyridine rings is 1. The van der Waals surface area contributed by atoms with E-state index < -0.39 is 5.60 Å². The summed E-state index contributed by atoms with van der Waals surface area (Å²) in [5, 5.41) is 1.20. The van der Waals surface area contributed by atoms with E-state index >= 15 is 0 Å². The Kier molecular flexibility index (Phi) is 4.53. The van der Waals surface area contributed by atoms with Gasteiger partial charge in [0.1, 0.15) is 14.9 Å². The molecule has 1 atom stereocenters. The maximum absolute atomic E-state index is 12.4. The van der Waals surface area contributed by atoms with Crippen molar-refractivity contribution in [2.75, 3.05) is 7.05 Å². The number of amides is 1. The summed E-state index contributed by atoms with van der Waals surface area (Å²) < 4.78 is 8.72. The smallest absolute Gasteiger partial charge is 0.410 e. The normalized spacial score (nSPS) is 17.7. The highest BCUT2D eigenvalue weighted by molar-refractivity contribution is 14.1. The van der Waals surface area contributed by atoms with Crippen LogP contribution in [0.15, 0.2) is 12.1 Å². The number of likely N-dealkylation sites (N-methyl/N-ethyl adjacent to an activating group) is 1. The largest absolute Gasteiger partial charge is 0.444 e. The third-order valence-corrected chi connectivity index (χ3v) is 5.22. The average Bonchev–Trinajstić information content (AvgIpc) is 2.77. The number of aromatic nitrogens is 2. The summed E-state index contributed by atoms with van der Waals surface area (Å²) in [6, 6.07) is 4.36. The second kappa shape index (κ2) is 6.20. The van der Waals surface area contributed by atoms with Crippen molar-refractivity contribution in [1.29, 1.82) is 0 Å². The summed E-state index contributed by atoms with van der Waals surface area (Å²) in [7, 11) is 3.93. The van der Waals surface area contributed by atoms with Crippen molar-refractivity contribution in [1.82, 2.24) is 14.5 Å². The predicted molar refractivity (Wildman–Crippen MR) is 103 cm³/mol. The molecule has 0 radical (unpaired) electrons. The van der Waals surface area contributed by atoms with Crippen LogP contribution < -0.4 is 0 Å². The van der Waals surface area contributed by atoms with E-state index in [2.05, 4.69) is 45.3 Å². The highest BCUT2D eigenvalue weighted by Crippen LogP contribution is 2.32. The van der Waals surface area contributed by atoms with Gasteiger partial charge in [0, 0.05) is 31.2 Å². The molecule has 1 aliphatic carbocycles. The van der Waals surface area contributed by atoms with E-state index in [9.17, 15) is 4.79 Å². The number of rotatable bonds is 1. The van der Waals surface area contributed by atoms with Crippen LogP contribution in [0.1, 0.15) is 38.4 Å². The van der Waals surface area contributed by atoms with Crippen molar-refractivity contribution in [2.24, 2.45) is 7.05 Å². The number of fused-ring (bicyclic) bond motifs is 3. The first-order valence-electron chi connectivity index (χ1n) is 8.26. The van der Waals surface area contributed by atoms with Gasteiger partial charge < -0.3 is 14.2 Å². The molecule has 1 amide bonds. The van der Waals surface area contributed by atoms with E-state index in [1.165, 1.54) is 16.6 Å². The lowest BCUT2D eigenvalue weighted by molar-refractivity contribution is 0.0210. The lowest BCUT2D eigenvalue weighted by Gasteiger charge is -2.33. The number of carbonyl (C=O) groups excluding carboxylic acids is 1. The Morgan fingerprint density at radius 2 is 2.12 bits per heavy atom. The quantitative estimate of drug-likeness (QED) is 0.498. The van der Waals surface area contributed by atoms with Gasteiger partial charge in [-0.2, -0.15) is 0 Å². The highest BCUT2D eigenvalue weighted by atomic mass is 127. The number of halogens is 1. The molecule has 0 spiro atoms. The van der Waals surface area contributed by atoms with Gasteiger partial charge in [0.2, 0.25) is 0 Å². The second-order valence-electron chi connectivity index (χ2n) is 7.48. The van der Waals surface area contributed by atoms with Crippen molar-refractivity contribution in [2.45, 2.75) is 51.7 Å². The molecule has 0 fully saturated rings. The van der Waals surface area contributed by atoms with Gasteiger partial charge in [-0.1, -0.05) is 0 Å². The van der Waals surface area contributed by atoms with Gasteiger partial charge in [-0.05, 0) is 80.3 Å². The molecule has 0 aromatic carbocycles. The van der Waals surface area contributed by atoms with Gasteiger partial charge >= 0.3 is 6.09 Å². The van der Waals surface area contributed by atoms with Crippen LogP contribution in [-0.2, 0) is 24.6 Å². The Hall–Kier alpha value is -1.31. The predicted octanol–water partition coefficient (Wildman–Crippen LogP) is 3.90. The fourth-order valence-corrected chi connectivity index (χ4v) is 3.81. The maximum atomic E-state index is 12.4. The third-order valence-electron chi connectivity index (χ3n) is 4.62. The van der Waals surface area contributed by atoms with Gasteiger partial charge in [-0.3, -0.25) is 0 Å². The molecule has 2 aromatic rings. The number of ether oxygens (including phenoxy) is 1. The summed E-state index contributed by atoms with van der Waals surface area (Å²) in [6.07, 6.45) is 2.51. The molecule has 1 unspecified atom stereocenters. The molecule has 0 aliphatic heterocycles. The van der Waals surface area contributed by atoms with Gasteiger partial charge in [-0.15, -0.1) is 0 Å². The van der Waals surface area contributed by atoms with Crippen molar-refractivity contribution in [3.63, 3.8) is 0 Å². The van der Waals surface area contributed by atoms with E-state index in [1.807, 2.05) is 33.9 Å². The molecule has 0 saturated carbocycles. The molecule has 2 heterocycles. The summed E-state index contributed by atoms with van der Waals surface area (Å²) >= 11 is 2.25. The van der Waals surface area contributed by atoms with E-state index in [1.54, 1.807) is 4.90 Å². The molecule has 1 aliphatic rings. The van der Waals surface area contributed by atoms with Crippen LogP contribution in [0, 0.1) is 3.70 Å². The van der Waals surface area contributed by atoms with Crippen LogP contribution in [0.2, 0.25) is 0 Å². The maximum Gasteiger partial charge on any atom is 0.410 e. The summed E-state index contributed by atoms with van der Waals surface area (Å²) in [6.45, 7) is 5.70. The zero-order chi connectivity index (χ0) is 17.6. The Bertz CT molecular complexity index is 792. The van der Waals surface area contributed by atoms with Crippen LogP contribution in [-0.4, -0.2) is 39.2 Å². The second-order valence-corrected chi connectivity index (χ2v) is 8.58. The van der Waals surface area contributed by atoms with Crippen LogP contribution in [0.5, 0.6) is 0 Å². The van der Waals surface area contributed by atoms with Gasteiger partial charge in [0.25, 0.3) is 0 Å². The number of nitrogens with zero attached hydrogens (tertiary/aromatic N) is 3. The summed E-state index contributed by atoms with van der Waals surface area (Å²) in [5.74, 6) is 0. The Morgan fingerprint density at radius 3 is 2.79 bits per heavy atom. The molecular weight excluding hydrogens is 417 g/mol. The fraction of sp³-hybridized carbons (Fsp3) is 0.556. The molecule has 24 heavy (non-hydrogen) atoms. The molecule has 2 aromatic heterocycles. The van der Waals surface area contributed by atoms with Crippen molar-refractivity contribution in [3.8, 4) is 0 Å². The molecule has 130 valence electrons. The molecular formula is C18H24IN3O2. The van der Waals surface area contributed by atoms with E-state index in [0.717, 1.165) is 28.6 Å². The molecule has 3 rings (SSSR count). The van der Waals surface area contributed by atoms with E-state index in [0.29, 0.717) is 0 Å². The minimum absolute atomic E-state index is 0.164. The lowest BCUT2D eigenvalue weighted by Crippen LogP contribution is -2.43. The molecule has 0 saturated heterocycles. The van der Waals surface area contributed by atoms with Crippen molar-refractivity contribution >= 4 is 39.7 Å². The Labute approximate surface area is 156 Å². The molecule has 0 N–H and O–H groups in total. The lowest BCUT2D eigenvalue weighted by atomic mass is 9.91. The number of hydrogen-bond acceptors (Lipinski definition) is 3. The third kappa shape index (κ3) is 3.25. The number of hydrogen-bond donors (Lipinski definition) is 0. The fourth-order valence-electron chi connectivity index (χ4n) is 3.40. The molecule has 0 bridgehead atoms. The minimum atomic E-state index is -0.467. The zero-order valence-electron chi connectivity index (χ0n) is 14.9. The molecule has 6 heteroatoms. The summed E-state index contributed by atoms with van der Waals surface area (Å²) in [5.41, 5.74) is 3.23. The van der Waals surface area contributed by atoms with E-state index in [4.69, 9.17) is 4.74 Å².